The fraction of sp³-hybridized carbons (Fsp3) is 0.348. The molecule has 1 aliphatic heterocycles. The predicted octanol–water partition coefficient (Wildman–Crippen LogP) is 4.29. The molecule has 1 saturated heterocycles. The van der Waals surface area contributed by atoms with E-state index in [1.807, 2.05) is 30.3 Å². The summed E-state index contributed by atoms with van der Waals surface area (Å²) in [5.41, 5.74) is 5.87. The summed E-state index contributed by atoms with van der Waals surface area (Å²) in [5, 5.41) is 4.25. The second-order valence-corrected chi connectivity index (χ2v) is 7.36. The molecule has 2 aromatic carbocycles. The van der Waals surface area contributed by atoms with Crippen molar-refractivity contribution >= 4 is 5.69 Å². The van der Waals surface area contributed by atoms with Gasteiger partial charge in [0.15, 0.2) is 5.76 Å². The Hall–Kier alpha value is -2.79. The second kappa shape index (κ2) is 8.07. The highest BCUT2D eigenvalue weighted by atomic mass is 16.5. The summed E-state index contributed by atoms with van der Waals surface area (Å²) >= 11 is 0. The van der Waals surface area contributed by atoms with Crippen LogP contribution in [0.5, 0.6) is 5.75 Å². The van der Waals surface area contributed by atoms with Crippen LogP contribution in [-0.2, 0) is 6.54 Å². The van der Waals surface area contributed by atoms with Crippen molar-refractivity contribution in [2.24, 2.45) is 0 Å². The Balaban J connectivity index is 1.39. The average Bonchev–Trinajstić information content (AvgIpc) is 3.19. The third-order valence-electron chi connectivity index (χ3n) is 5.61. The number of nitrogens with zero attached hydrogens (tertiary/aromatic N) is 3. The summed E-state index contributed by atoms with van der Waals surface area (Å²) < 4.78 is 11.0. The van der Waals surface area contributed by atoms with E-state index in [0.717, 1.165) is 55.5 Å². The Labute approximate surface area is 166 Å². The van der Waals surface area contributed by atoms with Crippen LogP contribution in [0.1, 0.15) is 16.9 Å². The first-order valence-corrected chi connectivity index (χ1v) is 9.78. The van der Waals surface area contributed by atoms with E-state index in [4.69, 9.17) is 9.26 Å². The van der Waals surface area contributed by atoms with Crippen molar-refractivity contribution < 1.29 is 9.26 Å². The molecule has 0 amide bonds. The number of benzene rings is 2. The molecule has 4 rings (SSSR count). The minimum Gasteiger partial charge on any atom is -0.496 e. The summed E-state index contributed by atoms with van der Waals surface area (Å²) in [4.78, 5) is 4.91. The molecule has 146 valence electrons. The lowest BCUT2D eigenvalue weighted by Gasteiger charge is -2.36. The molecule has 0 aliphatic carbocycles. The first-order chi connectivity index (χ1) is 13.7. The van der Waals surface area contributed by atoms with E-state index in [1.165, 1.54) is 16.8 Å². The number of hydrogen-bond acceptors (Lipinski definition) is 5. The van der Waals surface area contributed by atoms with Gasteiger partial charge in [-0.05, 0) is 43.2 Å². The molecule has 3 aromatic rings. The summed E-state index contributed by atoms with van der Waals surface area (Å²) in [6.45, 7) is 9.25. The van der Waals surface area contributed by atoms with E-state index in [1.54, 1.807) is 7.11 Å². The summed E-state index contributed by atoms with van der Waals surface area (Å²) in [5.74, 6) is 1.70. The van der Waals surface area contributed by atoms with E-state index in [9.17, 15) is 0 Å². The SMILES string of the molecule is COc1ccccc1-c1cc(CN2CCN(c3cccc(C)c3C)CC2)on1. The number of aromatic nitrogens is 1. The quantitative estimate of drug-likeness (QED) is 0.663. The van der Waals surface area contributed by atoms with Crippen LogP contribution in [0.3, 0.4) is 0 Å². The normalized spacial score (nSPS) is 15.0. The molecule has 1 aromatic heterocycles. The largest absolute Gasteiger partial charge is 0.496 e. The Morgan fingerprint density at radius 3 is 2.57 bits per heavy atom. The number of aryl methyl sites for hydroxylation is 1. The van der Waals surface area contributed by atoms with Crippen molar-refractivity contribution in [2.75, 3.05) is 38.2 Å². The Bertz CT molecular complexity index is 943. The molecule has 0 N–H and O–H groups in total. The standard InChI is InChI=1S/C23H27N3O2/c1-17-7-6-9-22(18(17)2)26-13-11-25(12-14-26)16-19-15-21(24-28-19)20-8-4-5-10-23(20)27-3/h4-10,15H,11-14,16H2,1-3H3. The zero-order valence-corrected chi connectivity index (χ0v) is 16.8. The van der Waals surface area contributed by atoms with E-state index >= 15 is 0 Å². The van der Waals surface area contributed by atoms with Gasteiger partial charge in [0, 0.05) is 43.5 Å². The second-order valence-electron chi connectivity index (χ2n) is 7.36. The number of ether oxygens (including phenoxy) is 1. The summed E-state index contributed by atoms with van der Waals surface area (Å²) in [6, 6.07) is 16.5. The lowest BCUT2D eigenvalue weighted by molar-refractivity contribution is 0.220. The summed E-state index contributed by atoms with van der Waals surface area (Å²) in [7, 11) is 1.68. The van der Waals surface area contributed by atoms with Gasteiger partial charge >= 0.3 is 0 Å². The van der Waals surface area contributed by atoms with Crippen LogP contribution in [0.25, 0.3) is 11.3 Å². The Morgan fingerprint density at radius 2 is 1.79 bits per heavy atom. The number of anilines is 1. The molecule has 0 saturated carbocycles. The molecule has 28 heavy (non-hydrogen) atoms. The van der Waals surface area contributed by atoms with Crippen molar-refractivity contribution in [3.8, 4) is 17.0 Å². The molecule has 0 bridgehead atoms. The van der Waals surface area contributed by atoms with Gasteiger partial charge < -0.3 is 14.2 Å². The van der Waals surface area contributed by atoms with Crippen LogP contribution in [0.15, 0.2) is 53.1 Å². The van der Waals surface area contributed by atoms with Crippen LogP contribution in [0, 0.1) is 13.8 Å². The third kappa shape index (κ3) is 3.76. The number of methoxy groups -OCH3 is 1. The van der Waals surface area contributed by atoms with Gasteiger partial charge in [0.1, 0.15) is 11.4 Å². The molecule has 1 fully saturated rings. The third-order valence-corrected chi connectivity index (χ3v) is 5.61. The first kappa shape index (κ1) is 18.6. The maximum atomic E-state index is 5.61. The van der Waals surface area contributed by atoms with Crippen molar-refractivity contribution in [2.45, 2.75) is 20.4 Å². The van der Waals surface area contributed by atoms with Crippen LogP contribution < -0.4 is 9.64 Å². The molecule has 2 heterocycles. The molecule has 0 radical (unpaired) electrons. The van der Waals surface area contributed by atoms with Crippen molar-refractivity contribution in [1.82, 2.24) is 10.1 Å². The van der Waals surface area contributed by atoms with Gasteiger partial charge in [-0.15, -0.1) is 0 Å². The van der Waals surface area contributed by atoms with Crippen LogP contribution >= 0.6 is 0 Å². The van der Waals surface area contributed by atoms with Gasteiger partial charge in [-0.3, -0.25) is 4.90 Å². The zero-order valence-electron chi connectivity index (χ0n) is 16.8. The smallest absolute Gasteiger partial charge is 0.151 e. The topological polar surface area (TPSA) is 41.7 Å². The molecule has 5 nitrogen and oxygen atoms in total. The molecule has 0 spiro atoms. The fourth-order valence-corrected chi connectivity index (χ4v) is 3.82. The predicted molar refractivity (Wildman–Crippen MR) is 112 cm³/mol. The van der Waals surface area contributed by atoms with Gasteiger partial charge in [-0.1, -0.05) is 29.4 Å². The minimum absolute atomic E-state index is 0.781. The lowest BCUT2D eigenvalue weighted by Crippen LogP contribution is -2.46. The average molecular weight is 377 g/mol. The van der Waals surface area contributed by atoms with Crippen LogP contribution in [0.2, 0.25) is 0 Å². The highest BCUT2D eigenvalue weighted by molar-refractivity contribution is 5.66. The van der Waals surface area contributed by atoms with Gasteiger partial charge in [0.05, 0.1) is 13.7 Å². The molecular formula is C23H27N3O2. The van der Waals surface area contributed by atoms with Gasteiger partial charge in [0.25, 0.3) is 0 Å². The molecule has 0 atom stereocenters. The van der Waals surface area contributed by atoms with E-state index in [2.05, 4.69) is 47.0 Å². The van der Waals surface area contributed by atoms with Crippen LogP contribution in [0.4, 0.5) is 5.69 Å². The molecule has 5 heteroatoms. The zero-order chi connectivity index (χ0) is 19.5. The van der Waals surface area contributed by atoms with Crippen molar-refractivity contribution in [3.63, 3.8) is 0 Å². The van der Waals surface area contributed by atoms with Gasteiger partial charge in [-0.2, -0.15) is 0 Å². The minimum atomic E-state index is 0.781. The monoisotopic (exact) mass is 377 g/mol. The van der Waals surface area contributed by atoms with E-state index in [0.29, 0.717) is 0 Å². The number of piperazine rings is 1. The highest BCUT2D eigenvalue weighted by Crippen LogP contribution is 2.29. The molecule has 1 aliphatic rings. The summed E-state index contributed by atoms with van der Waals surface area (Å²) in [6.07, 6.45) is 0. The highest BCUT2D eigenvalue weighted by Gasteiger charge is 2.20. The first-order valence-electron chi connectivity index (χ1n) is 9.78. The van der Waals surface area contributed by atoms with Gasteiger partial charge in [-0.25, -0.2) is 0 Å². The number of hydrogen-bond donors (Lipinski definition) is 0. The lowest BCUT2D eigenvalue weighted by atomic mass is 10.1. The maximum absolute atomic E-state index is 5.61. The van der Waals surface area contributed by atoms with Gasteiger partial charge in [0.2, 0.25) is 0 Å². The maximum Gasteiger partial charge on any atom is 0.151 e. The van der Waals surface area contributed by atoms with Crippen molar-refractivity contribution in [3.05, 3.63) is 65.4 Å². The fourth-order valence-electron chi connectivity index (χ4n) is 3.82. The van der Waals surface area contributed by atoms with Crippen molar-refractivity contribution in [1.29, 1.82) is 0 Å². The molecule has 0 unspecified atom stereocenters. The Kier molecular flexibility index (Phi) is 5.35. The van der Waals surface area contributed by atoms with Crippen LogP contribution in [-0.4, -0.2) is 43.3 Å². The Morgan fingerprint density at radius 1 is 1.00 bits per heavy atom. The number of rotatable bonds is 5. The molecular weight excluding hydrogens is 350 g/mol. The van der Waals surface area contributed by atoms with E-state index in [-0.39, 0.29) is 0 Å². The number of para-hydroxylation sites is 1. The van der Waals surface area contributed by atoms with E-state index < -0.39 is 0 Å².